The van der Waals surface area contributed by atoms with Crippen molar-refractivity contribution >= 4 is 17.4 Å². The Balaban J connectivity index is 1.72. The van der Waals surface area contributed by atoms with E-state index in [9.17, 15) is 9.59 Å². The first-order chi connectivity index (χ1) is 15.5. The van der Waals surface area contributed by atoms with Gasteiger partial charge in [0.15, 0.2) is 0 Å². The summed E-state index contributed by atoms with van der Waals surface area (Å²) in [5, 5.41) is 3.62. The van der Waals surface area contributed by atoms with Crippen molar-refractivity contribution in [3.63, 3.8) is 0 Å². The number of esters is 1. The number of ether oxygens (including phenoxy) is 2. The van der Waals surface area contributed by atoms with Crippen molar-refractivity contribution < 1.29 is 19.1 Å². The van der Waals surface area contributed by atoms with E-state index in [1.165, 1.54) is 12.7 Å². The molecule has 5 rings (SSSR count). The lowest BCUT2D eigenvalue weighted by Crippen LogP contribution is -2.53. The summed E-state index contributed by atoms with van der Waals surface area (Å²) < 4.78 is 10.5. The van der Waals surface area contributed by atoms with Crippen molar-refractivity contribution in [2.24, 2.45) is 5.92 Å². The molecular formula is C26H28N2O4. The molecule has 0 saturated carbocycles. The van der Waals surface area contributed by atoms with Crippen LogP contribution in [0.25, 0.3) is 0 Å². The van der Waals surface area contributed by atoms with Crippen LogP contribution in [0.1, 0.15) is 30.9 Å². The van der Waals surface area contributed by atoms with Crippen LogP contribution in [0.5, 0.6) is 5.75 Å². The van der Waals surface area contributed by atoms with Crippen LogP contribution in [-0.4, -0.2) is 38.6 Å². The number of fused-ring (bicyclic) bond motifs is 1. The highest BCUT2D eigenvalue weighted by molar-refractivity contribution is 5.95. The average molecular weight is 433 g/mol. The Morgan fingerprint density at radius 1 is 1.12 bits per heavy atom. The van der Waals surface area contributed by atoms with Gasteiger partial charge in [0.1, 0.15) is 11.5 Å². The number of hydrogen-bond acceptors (Lipinski definition) is 6. The van der Waals surface area contributed by atoms with E-state index in [4.69, 9.17) is 9.47 Å². The zero-order valence-electron chi connectivity index (χ0n) is 18.7. The molecule has 1 N–H and O–H groups in total. The SMILES string of the molecule is COC(=O)C1=C2N(Cc3ccc(OC)cc3)c3ccccc3[C@@]23CCN[C@H]3C(C(C)=O)C1. The summed E-state index contributed by atoms with van der Waals surface area (Å²) in [7, 11) is 3.07. The number of benzene rings is 2. The second-order valence-corrected chi connectivity index (χ2v) is 8.84. The number of carbonyl (C=O) groups excluding carboxylic acids is 2. The minimum absolute atomic E-state index is 0.0366. The molecule has 1 aliphatic carbocycles. The minimum Gasteiger partial charge on any atom is -0.497 e. The second kappa shape index (κ2) is 7.78. The van der Waals surface area contributed by atoms with Crippen LogP contribution in [0.4, 0.5) is 5.69 Å². The quantitative estimate of drug-likeness (QED) is 0.731. The van der Waals surface area contributed by atoms with E-state index in [0.29, 0.717) is 18.5 Å². The summed E-state index contributed by atoms with van der Waals surface area (Å²) in [6, 6.07) is 16.3. The van der Waals surface area contributed by atoms with Gasteiger partial charge in [0.25, 0.3) is 0 Å². The zero-order valence-corrected chi connectivity index (χ0v) is 18.7. The van der Waals surface area contributed by atoms with Crippen LogP contribution < -0.4 is 15.0 Å². The van der Waals surface area contributed by atoms with Crippen LogP contribution in [0.3, 0.4) is 0 Å². The lowest BCUT2D eigenvalue weighted by Gasteiger charge is -2.43. The summed E-state index contributed by atoms with van der Waals surface area (Å²) in [6.07, 6.45) is 1.23. The fraction of sp³-hybridized carbons (Fsp3) is 0.385. The molecule has 3 atom stereocenters. The van der Waals surface area contributed by atoms with E-state index in [-0.39, 0.29) is 23.7 Å². The zero-order chi connectivity index (χ0) is 22.5. The molecule has 1 fully saturated rings. The van der Waals surface area contributed by atoms with Gasteiger partial charge < -0.3 is 19.7 Å². The molecule has 32 heavy (non-hydrogen) atoms. The summed E-state index contributed by atoms with van der Waals surface area (Å²) in [6.45, 7) is 3.06. The lowest BCUT2D eigenvalue weighted by atomic mass is 9.62. The third kappa shape index (κ3) is 2.89. The predicted molar refractivity (Wildman–Crippen MR) is 122 cm³/mol. The molecule has 0 aromatic heterocycles. The highest BCUT2D eigenvalue weighted by Gasteiger charge is 2.61. The number of carbonyl (C=O) groups is 2. The molecule has 0 amide bonds. The molecule has 166 valence electrons. The summed E-state index contributed by atoms with van der Waals surface area (Å²) in [5.74, 6) is 0.312. The molecule has 2 aromatic carbocycles. The van der Waals surface area contributed by atoms with Crippen LogP contribution in [0.15, 0.2) is 59.8 Å². The summed E-state index contributed by atoms with van der Waals surface area (Å²) in [4.78, 5) is 28.0. The third-order valence-electron chi connectivity index (χ3n) is 7.35. The van der Waals surface area contributed by atoms with Crippen LogP contribution in [-0.2, 0) is 26.3 Å². The number of Topliss-reactive ketones (excluding diaryl/α,β-unsaturated/α-hetero) is 1. The average Bonchev–Trinajstić information content (AvgIpc) is 3.38. The van der Waals surface area contributed by atoms with E-state index in [1.54, 1.807) is 14.0 Å². The lowest BCUT2D eigenvalue weighted by molar-refractivity contribution is -0.136. The van der Waals surface area contributed by atoms with Crippen LogP contribution in [0, 0.1) is 5.92 Å². The largest absolute Gasteiger partial charge is 0.497 e. The van der Waals surface area contributed by atoms with Crippen molar-refractivity contribution in [1.82, 2.24) is 5.32 Å². The molecule has 0 radical (unpaired) electrons. The fourth-order valence-corrected chi connectivity index (χ4v) is 6.01. The van der Waals surface area contributed by atoms with Crippen LogP contribution >= 0.6 is 0 Å². The maximum atomic E-state index is 13.0. The molecule has 6 heteroatoms. The second-order valence-electron chi connectivity index (χ2n) is 8.84. The van der Waals surface area contributed by atoms with Crippen molar-refractivity contribution in [2.75, 3.05) is 25.7 Å². The fourth-order valence-electron chi connectivity index (χ4n) is 6.01. The molecule has 1 spiro atoms. The Morgan fingerprint density at radius 3 is 2.56 bits per heavy atom. The minimum atomic E-state index is -0.416. The Morgan fingerprint density at radius 2 is 1.88 bits per heavy atom. The number of anilines is 1. The van der Waals surface area contributed by atoms with Gasteiger partial charge in [-0.2, -0.15) is 0 Å². The normalized spacial score (nSPS) is 25.8. The first kappa shape index (κ1) is 20.8. The summed E-state index contributed by atoms with van der Waals surface area (Å²) in [5.41, 5.74) is 4.60. The molecule has 1 saturated heterocycles. The van der Waals surface area contributed by atoms with Gasteiger partial charge in [-0.05, 0) is 55.6 Å². The number of rotatable bonds is 5. The van der Waals surface area contributed by atoms with E-state index in [2.05, 4.69) is 34.5 Å². The number of ketones is 1. The number of hydrogen-bond donors (Lipinski definition) is 1. The summed E-state index contributed by atoms with van der Waals surface area (Å²) >= 11 is 0. The Hall–Kier alpha value is -3.12. The van der Waals surface area contributed by atoms with E-state index >= 15 is 0 Å². The monoisotopic (exact) mass is 432 g/mol. The number of nitrogens with zero attached hydrogens (tertiary/aromatic N) is 1. The predicted octanol–water partition coefficient (Wildman–Crippen LogP) is 3.35. The van der Waals surface area contributed by atoms with Crippen molar-refractivity contribution in [3.8, 4) is 5.75 Å². The first-order valence-electron chi connectivity index (χ1n) is 11.1. The van der Waals surface area contributed by atoms with Gasteiger partial charge in [-0.15, -0.1) is 0 Å². The first-order valence-corrected chi connectivity index (χ1v) is 11.1. The molecule has 6 nitrogen and oxygen atoms in total. The molecular weight excluding hydrogens is 404 g/mol. The van der Waals surface area contributed by atoms with Gasteiger partial charge >= 0.3 is 5.97 Å². The molecule has 3 aliphatic rings. The van der Waals surface area contributed by atoms with Crippen LogP contribution in [0.2, 0.25) is 0 Å². The van der Waals surface area contributed by atoms with Gasteiger partial charge in [-0.1, -0.05) is 30.3 Å². The van der Waals surface area contributed by atoms with Gasteiger partial charge in [0, 0.05) is 29.9 Å². The van der Waals surface area contributed by atoms with Crippen molar-refractivity contribution in [2.45, 2.75) is 37.8 Å². The molecule has 2 heterocycles. The van der Waals surface area contributed by atoms with Crippen molar-refractivity contribution in [1.29, 1.82) is 0 Å². The molecule has 0 bridgehead atoms. The highest BCUT2D eigenvalue weighted by atomic mass is 16.5. The van der Waals surface area contributed by atoms with E-state index in [0.717, 1.165) is 35.7 Å². The number of para-hydroxylation sites is 1. The smallest absolute Gasteiger partial charge is 0.335 e. The van der Waals surface area contributed by atoms with Gasteiger partial charge in [0.05, 0.1) is 25.2 Å². The standard InChI is InChI=1S/C26H28N2O4/c1-16(29)19-14-20(25(30)32-3)24-26(12-13-27-23(19)26)21-6-4-5-7-22(21)28(24)15-17-8-10-18(31-2)11-9-17/h4-11,19,23,27H,12-15H2,1-3H3/t19?,23-,26+/m0/s1. The third-order valence-corrected chi connectivity index (χ3v) is 7.35. The van der Waals surface area contributed by atoms with E-state index < -0.39 is 5.41 Å². The van der Waals surface area contributed by atoms with Crippen molar-refractivity contribution in [3.05, 3.63) is 70.9 Å². The Bertz CT molecular complexity index is 1110. The van der Waals surface area contributed by atoms with Gasteiger partial charge in [-0.3, -0.25) is 4.79 Å². The Labute approximate surface area is 188 Å². The number of methoxy groups -OCH3 is 2. The molecule has 2 aromatic rings. The van der Waals surface area contributed by atoms with Gasteiger partial charge in [0.2, 0.25) is 0 Å². The number of nitrogens with one attached hydrogen (secondary N) is 1. The van der Waals surface area contributed by atoms with E-state index in [1.807, 2.05) is 24.3 Å². The highest BCUT2D eigenvalue weighted by Crippen LogP contribution is 2.59. The maximum absolute atomic E-state index is 13.0. The maximum Gasteiger partial charge on any atom is 0.335 e. The van der Waals surface area contributed by atoms with Gasteiger partial charge in [-0.25, -0.2) is 4.79 Å². The Kier molecular flexibility index (Phi) is 5.05. The molecule has 1 unspecified atom stereocenters. The molecule has 2 aliphatic heterocycles. The topological polar surface area (TPSA) is 67.9 Å².